The third-order valence-electron chi connectivity index (χ3n) is 4.30. The van der Waals surface area contributed by atoms with Gasteiger partial charge in [0.2, 0.25) is 0 Å². The zero-order chi connectivity index (χ0) is 19.2. The van der Waals surface area contributed by atoms with Gasteiger partial charge in [-0.05, 0) is 48.4 Å². The Hall–Kier alpha value is -3.41. The lowest BCUT2D eigenvalue weighted by Crippen LogP contribution is -2.37. The monoisotopic (exact) mass is 363 g/mol. The number of carbonyl (C=O) groups is 2. The third kappa shape index (κ3) is 4.41. The minimum absolute atomic E-state index is 0.255. The number of nitrogens with zero attached hydrogens (tertiary/aromatic N) is 1. The Balaban J connectivity index is 1.66. The van der Waals surface area contributed by atoms with Gasteiger partial charge in [0.15, 0.2) is 0 Å². The molecule has 0 saturated heterocycles. The number of nitrogens with one attached hydrogen (secondary N) is 2. The molecule has 1 unspecified atom stereocenters. The number of carbonyl (C=O) groups excluding carboxylic acids is 2. The molecule has 0 fully saturated rings. The van der Waals surface area contributed by atoms with Crippen molar-refractivity contribution < 1.29 is 14.3 Å². The molecule has 27 heavy (non-hydrogen) atoms. The number of fused-ring (bicyclic) bond motifs is 1. The molecule has 2 N–H and O–H groups in total. The van der Waals surface area contributed by atoms with Crippen LogP contribution in [0.3, 0.4) is 0 Å². The summed E-state index contributed by atoms with van der Waals surface area (Å²) >= 11 is 0. The Kier molecular flexibility index (Phi) is 5.66. The average molecular weight is 363 g/mol. The van der Waals surface area contributed by atoms with Gasteiger partial charge in [0.25, 0.3) is 0 Å². The number of aromatic nitrogens is 1. The van der Waals surface area contributed by atoms with Crippen LogP contribution < -0.4 is 15.4 Å². The Labute approximate surface area is 157 Å². The van der Waals surface area contributed by atoms with Crippen LogP contribution >= 0.6 is 0 Å². The minimum Gasteiger partial charge on any atom is -0.497 e. The molecule has 1 heterocycles. The first-order valence-corrected chi connectivity index (χ1v) is 8.71. The van der Waals surface area contributed by atoms with Crippen LogP contribution in [0.1, 0.15) is 24.9 Å². The zero-order valence-electron chi connectivity index (χ0n) is 15.2. The molecule has 2 aromatic carbocycles. The van der Waals surface area contributed by atoms with Crippen molar-refractivity contribution in [3.63, 3.8) is 0 Å². The van der Waals surface area contributed by atoms with Crippen LogP contribution in [0.5, 0.6) is 5.75 Å². The summed E-state index contributed by atoms with van der Waals surface area (Å²) in [7, 11) is 1.60. The van der Waals surface area contributed by atoms with E-state index in [4.69, 9.17) is 4.74 Å². The highest BCUT2D eigenvalue weighted by Gasteiger charge is 2.19. The fraction of sp³-hybridized carbons (Fsp3) is 0.190. The number of hydrogen-bond acceptors (Lipinski definition) is 4. The molecule has 1 atom stereocenters. The van der Waals surface area contributed by atoms with Gasteiger partial charge < -0.3 is 15.4 Å². The SMILES string of the molecule is CCC(NC(=O)C(=O)Nc1ccc2ncccc2c1)c1ccc(OC)cc1. The second-order valence-corrected chi connectivity index (χ2v) is 6.07. The van der Waals surface area contributed by atoms with Gasteiger partial charge in [-0.15, -0.1) is 0 Å². The molecule has 138 valence electrons. The van der Waals surface area contributed by atoms with Crippen molar-refractivity contribution in [3.8, 4) is 5.75 Å². The van der Waals surface area contributed by atoms with Gasteiger partial charge in [-0.25, -0.2) is 0 Å². The van der Waals surface area contributed by atoms with E-state index in [1.54, 1.807) is 31.5 Å². The predicted molar refractivity (Wildman–Crippen MR) is 105 cm³/mol. The zero-order valence-corrected chi connectivity index (χ0v) is 15.2. The summed E-state index contributed by atoms with van der Waals surface area (Å²) in [6.45, 7) is 1.95. The van der Waals surface area contributed by atoms with E-state index in [1.807, 2.05) is 43.3 Å². The van der Waals surface area contributed by atoms with Gasteiger partial charge in [-0.3, -0.25) is 14.6 Å². The smallest absolute Gasteiger partial charge is 0.313 e. The van der Waals surface area contributed by atoms with Crippen LogP contribution in [-0.4, -0.2) is 23.9 Å². The van der Waals surface area contributed by atoms with Crippen LogP contribution in [-0.2, 0) is 9.59 Å². The van der Waals surface area contributed by atoms with Gasteiger partial charge in [-0.1, -0.05) is 25.1 Å². The second-order valence-electron chi connectivity index (χ2n) is 6.07. The first kappa shape index (κ1) is 18.4. The predicted octanol–water partition coefficient (Wildman–Crippen LogP) is 3.45. The first-order chi connectivity index (χ1) is 13.1. The van der Waals surface area contributed by atoms with Crippen LogP contribution in [0.4, 0.5) is 5.69 Å². The van der Waals surface area contributed by atoms with Crippen LogP contribution in [0.15, 0.2) is 60.8 Å². The van der Waals surface area contributed by atoms with E-state index in [0.717, 1.165) is 22.2 Å². The fourth-order valence-electron chi connectivity index (χ4n) is 2.82. The van der Waals surface area contributed by atoms with E-state index in [2.05, 4.69) is 15.6 Å². The summed E-state index contributed by atoms with van der Waals surface area (Å²) in [5, 5.41) is 6.30. The Morgan fingerprint density at radius 3 is 2.56 bits per heavy atom. The molecule has 0 spiro atoms. The maximum absolute atomic E-state index is 12.3. The Morgan fingerprint density at radius 1 is 1.07 bits per heavy atom. The van der Waals surface area contributed by atoms with Gasteiger partial charge in [0, 0.05) is 17.3 Å². The van der Waals surface area contributed by atoms with Crippen molar-refractivity contribution in [3.05, 3.63) is 66.4 Å². The van der Waals surface area contributed by atoms with Crippen LogP contribution in [0.2, 0.25) is 0 Å². The van der Waals surface area contributed by atoms with Crippen molar-refractivity contribution in [2.45, 2.75) is 19.4 Å². The molecule has 0 radical (unpaired) electrons. The number of methoxy groups -OCH3 is 1. The minimum atomic E-state index is -0.704. The van der Waals surface area contributed by atoms with Crippen LogP contribution in [0.25, 0.3) is 10.9 Å². The molecule has 6 nitrogen and oxygen atoms in total. The van der Waals surface area contributed by atoms with Gasteiger partial charge in [0.05, 0.1) is 18.7 Å². The number of hydrogen-bond donors (Lipinski definition) is 2. The van der Waals surface area contributed by atoms with Crippen molar-refractivity contribution in [2.24, 2.45) is 0 Å². The van der Waals surface area contributed by atoms with E-state index >= 15 is 0 Å². The molecular weight excluding hydrogens is 342 g/mol. The van der Waals surface area contributed by atoms with Gasteiger partial charge >= 0.3 is 11.8 Å². The van der Waals surface area contributed by atoms with Crippen molar-refractivity contribution in [1.82, 2.24) is 10.3 Å². The summed E-state index contributed by atoms with van der Waals surface area (Å²) < 4.78 is 5.14. The third-order valence-corrected chi connectivity index (χ3v) is 4.30. The summed E-state index contributed by atoms with van der Waals surface area (Å²) in [4.78, 5) is 28.8. The largest absolute Gasteiger partial charge is 0.497 e. The highest BCUT2D eigenvalue weighted by atomic mass is 16.5. The molecule has 3 rings (SSSR count). The number of anilines is 1. The van der Waals surface area contributed by atoms with Crippen LogP contribution in [0, 0.1) is 0 Å². The molecule has 0 saturated carbocycles. The molecule has 0 aliphatic heterocycles. The second kappa shape index (κ2) is 8.31. The standard InChI is InChI=1S/C21H21N3O3/c1-3-18(14-6-9-17(27-2)10-7-14)24-21(26)20(25)23-16-8-11-19-15(13-16)5-4-12-22-19/h4-13,18H,3H2,1-2H3,(H,23,25)(H,24,26). The summed E-state index contributed by atoms with van der Waals surface area (Å²) in [6, 6.07) is 16.2. The molecule has 0 aliphatic carbocycles. The van der Waals surface area contributed by atoms with E-state index in [9.17, 15) is 9.59 Å². The summed E-state index contributed by atoms with van der Waals surface area (Å²) in [5.74, 6) is -0.641. The summed E-state index contributed by atoms with van der Waals surface area (Å²) in [6.07, 6.45) is 2.37. The first-order valence-electron chi connectivity index (χ1n) is 8.71. The molecule has 6 heteroatoms. The van der Waals surface area contributed by atoms with Gasteiger partial charge in [-0.2, -0.15) is 0 Å². The maximum atomic E-state index is 12.3. The number of amides is 2. The van der Waals surface area contributed by atoms with Gasteiger partial charge in [0.1, 0.15) is 5.75 Å². The quantitative estimate of drug-likeness (QED) is 0.681. The molecule has 0 bridgehead atoms. The highest BCUT2D eigenvalue weighted by molar-refractivity contribution is 6.39. The molecule has 3 aromatic rings. The molecular formula is C21H21N3O3. The number of benzene rings is 2. The lowest BCUT2D eigenvalue weighted by molar-refractivity contribution is -0.136. The number of ether oxygens (including phenoxy) is 1. The normalized spacial score (nSPS) is 11.6. The number of rotatable bonds is 5. The fourth-order valence-corrected chi connectivity index (χ4v) is 2.82. The average Bonchev–Trinajstić information content (AvgIpc) is 2.71. The summed E-state index contributed by atoms with van der Waals surface area (Å²) in [5.41, 5.74) is 2.29. The molecule has 2 amide bonds. The molecule has 0 aliphatic rings. The van der Waals surface area contributed by atoms with E-state index in [0.29, 0.717) is 12.1 Å². The van der Waals surface area contributed by atoms with Crippen molar-refractivity contribution in [1.29, 1.82) is 0 Å². The van der Waals surface area contributed by atoms with Crippen molar-refractivity contribution in [2.75, 3.05) is 12.4 Å². The van der Waals surface area contributed by atoms with E-state index in [1.165, 1.54) is 0 Å². The van der Waals surface area contributed by atoms with E-state index < -0.39 is 11.8 Å². The maximum Gasteiger partial charge on any atom is 0.313 e. The van der Waals surface area contributed by atoms with Crippen molar-refractivity contribution >= 4 is 28.4 Å². The van der Waals surface area contributed by atoms with E-state index in [-0.39, 0.29) is 6.04 Å². The topological polar surface area (TPSA) is 80.3 Å². The Bertz CT molecular complexity index is 954. The molecule has 1 aromatic heterocycles. The lowest BCUT2D eigenvalue weighted by Gasteiger charge is -2.17. The highest BCUT2D eigenvalue weighted by Crippen LogP contribution is 2.20. The Morgan fingerprint density at radius 2 is 1.85 bits per heavy atom. The lowest BCUT2D eigenvalue weighted by atomic mass is 10.0. The number of pyridine rings is 1.